The van der Waals surface area contributed by atoms with Crippen molar-refractivity contribution in [3.05, 3.63) is 45.9 Å². The summed E-state index contributed by atoms with van der Waals surface area (Å²) in [7, 11) is 1.62. The maximum absolute atomic E-state index is 12.0. The molecule has 0 saturated carbocycles. The molecule has 0 unspecified atom stereocenters. The molecule has 1 amide bonds. The summed E-state index contributed by atoms with van der Waals surface area (Å²) in [5.41, 5.74) is -0.0553. The number of aromatic amines is 2. The van der Waals surface area contributed by atoms with E-state index in [1.807, 2.05) is 0 Å². The third-order valence-corrected chi connectivity index (χ3v) is 2.37. The molecule has 0 spiro atoms. The summed E-state index contributed by atoms with van der Waals surface area (Å²) in [6, 6.07) is 4.45. The van der Waals surface area contributed by atoms with E-state index in [1.54, 1.807) is 20.0 Å². The topological polar surface area (TPSA) is 94.7 Å². The Balaban J connectivity index is 2.11. The number of amides is 1. The molecule has 18 heavy (non-hydrogen) atoms. The fraction of sp³-hybridized carbons (Fsp3) is 0.273. The SMILES string of the molecule is Cc1nc(CN(C)C(=O)c2cccc(=O)[nH]2)n[nH]1. The monoisotopic (exact) mass is 247 g/mol. The normalized spacial score (nSPS) is 10.3. The first kappa shape index (κ1) is 12.0. The molecule has 7 heteroatoms. The fourth-order valence-corrected chi connectivity index (χ4v) is 1.52. The molecule has 0 radical (unpaired) electrons. The number of nitrogens with zero attached hydrogens (tertiary/aromatic N) is 3. The molecule has 0 aliphatic carbocycles. The van der Waals surface area contributed by atoms with Gasteiger partial charge in [-0.05, 0) is 13.0 Å². The molecule has 0 bridgehead atoms. The fourth-order valence-electron chi connectivity index (χ4n) is 1.52. The first-order chi connectivity index (χ1) is 8.56. The van der Waals surface area contributed by atoms with Gasteiger partial charge in [0.05, 0.1) is 6.54 Å². The van der Waals surface area contributed by atoms with Crippen molar-refractivity contribution in [3.63, 3.8) is 0 Å². The number of aromatic nitrogens is 4. The lowest BCUT2D eigenvalue weighted by Crippen LogP contribution is -2.28. The van der Waals surface area contributed by atoms with Crippen LogP contribution in [-0.2, 0) is 6.54 Å². The Morgan fingerprint density at radius 2 is 2.22 bits per heavy atom. The van der Waals surface area contributed by atoms with Gasteiger partial charge in [-0.3, -0.25) is 14.7 Å². The molecule has 94 valence electrons. The largest absolute Gasteiger partial charge is 0.333 e. The predicted molar refractivity (Wildman–Crippen MR) is 64.0 cm³/mol. The van der Waals surface area contributed by atoms with Crippen molar-refractivity contribution in [1.29, 1.82) is 0 Å². The Labute approximate surface area is 103 Å². The first-order valence-electron chi connectivity index (χ1n) is 5.39. The maximum atomic E-state index is 12.0. The average molecular weight is 247 g/mol. The second-order valence-electron chi connectivity index (χ2n) is 3.93. The highest BCUT2D eigenvalue weighted by Gasteiger charge is 2.14. The van der Waals surface area contributed by atoms with Crippen molar-refractivity contribution in [2.24, 2.45) is 0 Å². The van der Waals surface area contributed by atoms with E-state index in [0.717, 1.165) is 0 Å². The van der Waals surface area contributed by atoms with Crippen LogP contribution in [0.5, 0.6) is 0 Å². The molecule has 0 aliphatic rings. The van der Waals surface area contributed by atoms with Gasteiger partial charge >= 0.3 is 0 Å². The number of rotatable bonds is 3. The molecule has 2 heterocycles. The number of aryl methyl sites for hydroxylation is 1. The summed E-state index contributed by atoms with van der Waals surface area (Å²) in [5, 5.41) is 6.65. The lowest BCUT2D eigenvalue weighted by Gasteiger charge is -2.14. The molecule has 0 aromatic carbocycles. The third kappa shape index (κ3) is 2.62. The molecule has 0 fully saturated rings. The maximum Gasteiger partial charge on any atom is 0.270 e. The smallest absolute Gasteiger partial charge is 0.270 e. The van der Waals surface area contributed by atoms with Crippen LogP contribution in [0.2, 0.25) is 0 Å². The van der Waals surface area contributed by atoms with Crippen LogP contribution in [-0.4, -0.2) is 38.0 Å². The highest BCUT2D eigenvalue weighted by Crippen LogP contribution is 2.02. The van der Waals surface area contributed by atoms with E-state index in [1.165, 1.54) is 17.0 Å². The summed E-state index contributed by atoms with van der Waals surface area (Å²) >= 11 is 0. The molecule has 2 aromatic heterocycles. The second kappa shape index (κ2) is 4.82. The van der Waals surface area contributed by atoms with Gasteiger partial charge in [0.15, 0.2) is 5.82 Å². The zero-order valence-corrected chi connectivity index (χ0v) is 10.1. The standard InChI is InChI=1S/C11H13N5O2/c1-7-12-9(15-14-7)6-16(2)11(18)8-4-3-5-10(17)13-8/h3-5H,6H2,1-2H3,(H,13,17)(H,12,14,15). The zero-order valence-electron chi connectivity index (χ0n) is 10.1. The lowest BCUT2D eigenvalue weighted by molar-refractivity contribution is 0.0775. The molecule has 2 N–H and O–H groups in total. The van der Waals surface area contributed by atoms with Crippen LogP contribution in [0.25, 0.3) is 0 Å². The van der Waals surface area contributed by atoms with E-state index in [2.05, 4.69) is 20.2 Å². The highest BCUT2D eigenvalue weighted by molar-refractivity contribution is 5.91. The van der Waals surface area contributed by atoms with Gasteiger partial charge in [0.25, 0.3) is 5.91 Å². The minimum absolute atomic E-state index is 0.247. The Bertz CT molecular complexity index is 616. The van der Waals surface area contributed by atoms with Gasteiger partial charge in [-0.2, -0.15) is 5.10 Å². The van der Waals surface area contributed by atoms with Crippen LogP contribution in [0, 0.1) is 6.92 Å². The number of hydrogen-bond acceptors (Lipinski definition) is 4. The van der Waals surface area contributed by atoms with E-state index in [-0.39, 0.29) is 23.7 Å². The number of nitrogens with one attached hydrogen (secondary N) is 2. The number of carbonyl (C=O) groups excluding carboxylic acids is 1. The Morgan fingerprint density at radius 1 is 1.44 bits per heavy atom. The van der Waals surface area contributed by atoms with Crippen molar-refractivity contribution < 1.29 is 4.79 Å². The zero-order chi connectivity index (χ0) is 13.1. The molecule has 7 nitrogen and oxygen atoms in total. The summed E-state index contributed by atoms with van der Waals surface area (Å²) in [4.78, 5) is 31.2. The van der Waals surface area contributed by atoms with Crippen LogP contribution in [0.4, 0.5) is 0 Å². The van der Waals surface area contributed by atoms with E-state index in [4.69, 9.17) is 0 Å². The van der Waals surface area contributed by atoms with Crippen molar-refractivity contribution in [2.45, 2.75) is 13.5 Å². The minimum Gasteiger partial charge on any atom is -0.333 e. The second-order valence-corrected chi connectivity index (χ2v) is 3.93. The van der Waals surface area contributed by atoms with Gasteiger partial charge in [0.2, 0.25) is 5.56 Å². The number of pyridine rings is 1. The Morgan fingerprint density at radius 3 is 2.83 bits per heavy atom. The summed E-state index contributed by atoms with van der Waals surface area (Å²) in [5.74, 6) is 0.941. The van der Waals surface area contributed by atoms with Crippen molar-refractivity contribution >= 4 is 5.91 Å². The summed E-state index contributed by atoms with van der Waals surface area (Å²) in [6.45, 7) is 2.06. The number of carbonyl (C=O) groups is 1. The molecule has 2 aromatic rings. The molecular formula is C11H13N5O2. The van der Waals surface area contributed by atoms with E-state index >= 15 is 0 Å². The van der Waals surface area contributed by atoms with Crippen molar-refractivity contribution in [1.82, 2.24) is 25.1 Å². The van der Waals surface area contributed by atoms with Gasteiger partial charge in [-0.25, -0.2) is 4.98 Å². The minimum atomic E-state index is -0.303. The third-order valence-electron chi connectivity index (χ3n) is 2.37. The molecule has 2 rings (SSSR count). The molecule has 0 aliphatic heterocycles. The Kier molecular flexibility index (Phi) is 3.22. The van der Waals surface area contributed by atoms with Crippen LogP contribution < -0.4 is 5.56 Å². The van der Waals surface area contributed by atoms with Gasteiger partial charge in [0.1, 0.15) is 11.5 Å². The average Bonchev–Trinajstić information content (AvgIpc) is 2.73. The van der Waals surface area contributed by atoms with E-state index in [9.17, 15) is 9.59 Å². The summed E-state index contributed by atoms with van der Waals surface area (Å²) in [6.07, 6.45) is 0. The van der Waals surface area contributed by atoms with Crippen LogP contribution in [0.1, 0.15) is 22.1 Å². The van der Waals surface area contributed by atoms with Crippen LogP contribution in [0.3, 0.4) is 0 Å². The first-order valence-corrected chi connectivity index (χ1v) is 5.39. The number of hydrogen-bond donors (Lipinski definition) is 2. The lowest BCUT2D eigenvalue weighted by atomic mass is 10.3. The molecular weight excluding hydrogens is 234 g/mol. The quantitative estimate of drug-likeness (QED) is 0.802. The van der Waals surface area contributed by atoms with Gasteiger partial charge in [-0.15, -0.1) is 0 Å². The highest BCUT2D eigenvalue weighted by atomic mass is 16.2. The molecule has 0 saturated heterocycles. The van der Waals surface area contributed by atoms with Gasteiger partial charge in [-0.1, -0.05) is 6.07 Å². The van der Waals surface area contributed by atoms with Gasteiger partial charge in [0, 0.05) is 13.1 Å². The predicted octanol–water partition coefficient (Wildman–Crippen LogP) is 0.0736. The van der Waals surface area contributed by atoms with E-state index < -0.39 is 0 Å². The van der Waals surface area contributed by atoms with Crippen LogP contribution in [0.15, 0.2) is 23.0 Å². The molecule has 0 atom stereocenters. The van der Waals surface area contributed by atoms with Gasteiger partial charge < -0.3 is 9.88 Å². The van der Waals surface area contributed by atoms with Crippen LogP contribution >= 0.6 is 0 Å². The summed E-state index contributed by atoms with van der Waals surface area (Å²) < 4.78 is 0. The van der Waals surface area contributed by atoms with E-state index in [0.29, 0.717) is 11.6 Å². The Hall–Kier alpha value is -2.44. The number of H-pyrrole nitrogens is 2. The van der Waals surface area contributed by atoms with Crippen molar-refractivity contribution in [3.8, 4) is 0 Å². The van der Waals surface area contributed by atoms with Crippen molar-refractivity contribution in [2.75, 3.05) is 7.05 Å².